The molecule has 34 valence electrons. The summed E-state index contributed by atoms with van der Waals surface area (Å²) in [6.07, 6.45) is 1.06. The third-order valence-electron chi connectivity index (χ3n) is 0.222. The SMILES string of the molecule is CN=COC=O. The third-order valence-corrected chi connectivity index (χ3v) is 0.222. The molecular formula is C3H5NO2. The second-order valence-corrected chi connectivity index (χ2v) is 0.596. The molecule has 0 amide bonds. The lowest BCUT2D eigenvalue weighted by Gasteiger charge is -1.74. The Morgan fingerprint density at radius 3 is 2.67 bits per heavy atom. The average Bonchev–Trinajstić information content (AvgIpc) is 1.61. The van der Waals surface area contributed by atoms with Crippen LogP contribution >= 0.6 is 0 Å². The summed E-state index contributed by atoms with van der Waals surface area (Å²) in [5.74, 6) is 0. The van der Waals surface area contributed by atoms with Gasteiger partial charge in [0.15, 0.2) is 6.40 Å². The largest absolute Gasteiger partial charge is 0.417 e. The molecule has 0 aromatic heterocycles. The van der Waals surface area contributed by atoms with E-state index in [0.717, 1.165) is 6.40 Å². The van der Waals surface area contributed by atoms with Gasteiger partial charge in [-0.3, -0.25) is 9.79 Å². The van der Waals surface area contributed by atoms with Crippen LogP contribution in [0.2, 0.25) is 0 Å². The second kappa shape index (κ2) is 4.14. The highest BCUT2D eigenvalue weighted by molar-refractivity contribution is 5.59. The molecule has 0 atom stereocenters. The van der Waals surface area contributed by atoms with E-state index in [1.807, 2.05) is 0 Å². The van der Waals surface area contributed by atoms with Crippen LogP contribution in [0.1, 0.15) is 0 Å². The van der Waals surface area contributed by atoms with Gasteiger partial charge in [-0.25, -0.2) is 0 Å². The van der Waals surface area contributed by atoms with Crippen molar-refractivity contribution in [3.8, 4) is 0 Å². The van der Waals surface area contributed by atoms with Crippen LogP contribution in [-0.4, -0.2) is 19.9 Å². The summed E-state index contributed by atoms with van der Waals surface area (Å²) in [4.78, 5) is 12.6. The van der Waals surface area contributed by atoms with Gasteiger partial charge in [-0.1, -0.05) is 0 Å². The van der Waals surface area contributed by atoms with Crippen LogP contribution in [0.4, 0.5) is 0 Å². The van der Waals surface area contributed by atoms with Crippen molar-refractivity contribution in [3.05, 3.63) is 0 Å². The van der Waals surface area contributed by atoms with E-state index < -0.39 is 0 Å². The summed E-state index contributed by atoms with van der Waals surface area (Å²) in [7, 11) is 1.52. The van der Waals surface area contributed by atoms with Gasteiger partial charge in [0.05, 0.1) is 0 Å². The van der Waals surface area contributed by atoms with E-state index in [2.05, 4.69) is 9.73 Å². The molecular weight excluding hydrogens is 82.0 g/mol. The van der Waals surface area contributed by atoms with Gasteiger partial charge in [-0.15, -0.1) is 0 Å². The number of carbonyl (C=O) groups is 1. The highest BCUT2D eigenvalue weighted by Crippen LogP contribution is 1.51. The topological polar surface area (TPSA) is 38.7 Å². The summed E-state index contributed by atoms with van der Waals surface area (Å²) in [5, 5.41) is 0. The minimum absolute atomic E-state index is 0.312. The standard InChI is InChI=1S/C3H5NO2/c1-4-2-6-3-5/h2-3H,1H3. The highest BCUT2D eigenvalue weighted by atomic mass is 16.5. The minimum atomic E-state index is 0.312. The Balaban J connectivity index is 2.85. The number of rotatable bonds is 2. The zero-order chi connectivity index (χ0) is 4.83. The van der Waals surface area contributed by atoms with Gasteiger partial charge in [0, 0.05) is 7.05 Å². The Kier molecular flexibility index (Phi) is 3.55. The Bertz CT molecular complexity index is 59.8. The number of carbonyl (C=O) groups excluding carboxylic acids is 1. The first-order valence-corrected chi connectivity index (χ1v) is 1.41. The van der Waals surface area contributed by atoms with Crippen LogP contribution < -0.4 is 0 Å². The molecule has 0 rings (SSSR count). The first-order chi connectivity index (χ1) is 2.91. The van der Waals surface area contributed by atoms with E-state index in [1.165, 1.54) is 7.05 Å². The Labute approximate surface area is 35.6 Å². The van der Waals surface area contributed by atoms with Crippen LogP contribution in [0.5, 0.6) is 0 Å². The molecule has 6 heavy (non-hydrogen) atoms. The minimum Gasteiger partial charge on any atom is -0.417 e. The first kappa shape index (κ1) is 5.14. The molecule has 0 saturated carbocycles. The summed E-state index contributed by atoms with van der Waals surface area (Å²) in [6, 6.07) is 0. The van der Waals surface area contributed by atoms with Crippen molar-refractivity contribution in [1.82, 2.24) is 0 Å². The summed E-state index contributed by atoms with van der Waals surface area (Å²) < 4.78 is 4.01. The van der Waals surface area contributed by atoms with Crippen molar-refractivity contribution in [2.24, 2.45) is 4.99 Å². The van der Waals surface area contributed by atoms with E-state index in [4.69, 9.17) is 0 Å². The maximum atomic E-state index is 9.25. The van der Waals surface area contributed by atoms with Crippen molar-refractivity contribution >= 4 is 12.9 Å². The Hall–Kier alpha value is -0.860. The molecule has 0 heterocycles. The molecule has 0 aliphatic carbocycles. The van der Waals surface area contributed by atoms with Crippen LogP contribution in [-0.2, 0) is 9.53 Å². The van der Waals surface area contributed by atoms with E-state index in [9.17, 15) is 4.79 Å². The highest BCUT2D eigenvalue weighted by Gasteiger charge is 1.59. The Morgan fingerprint density at radius 1 is 1.83 bits per heavy atom. The van der Waals surface area contributed by atoms with E-state index >= 15 is 0 Å². The zero-order valence-corrected chi connectivity index (χ0v) is 3.42. The number of hydrogen-bond donors (Lipinski definition) is 0. The molecule has 0 aromatic carbocycles. The zero-order valence-electron chi connectivity index (χ0n) is 3.42. The van der Waals surface area contributed by atoms with Gasteiger partial charge in [0.1, 0.15) is 0 Å². The average molecular weight is 87.1 g/mol. The monoisotopic (exact) mass is 87.0 g/mol. The predicted octanol–water partition coefficient (Wildman–Crippen LogP) is -0.183. The molecule has 0 aliphatic heterocycles. The van der Waals surface area contributed by atoms with Crippen LogP contribution in [0.25, 0.3) is 0 Å². The predicted molar refractivity (Wildman–Crippen MR) is 21.6 cm³/mol. The van der Waals surface area contributed by atoms with Crippen molar-refractivity contribution in [3.63, 3.8) is 0 Å². The third kappa shape index (κ3) is 3.14. The molecule has 0 aromatic rings. The lowest BCUT2D eigenvalue weighted by molar-refractivity contribution is -0.121. The van der Waals surface area contributed by atoms with Crippen LogP contribution in [0.3, 0.4) is 0 Å². The molecule has 0 bridgehead atoms. The molecule has 0 spiro atoms. The molecule has 0 N–H and O–H groups in total. The van der Waals surface area contributed by atoms with Gasteiger partial charge in [0.2, 0.25) is 0 Å². The smallest absolute Gasteiger partial charge is 0.299 e. The van der Waals surface area contributed by atoms with Gasteiger partial charge in [-0.05, 0) is 0 Å². The molecule has 0 saturated heterocycles. The first-order valence-electron chi connectivity index (χ1n) is 1.41. The Morgan fingerprint density at radius 2 is 2.50 bits per heavy atom. The second-order valence-electron chi connectivity index (χ2n) is 0.596. The summed E-state index contributed by atoms with van der Waals surface area (Å²) in [5.41, 5.74) is 0. The molecule has 0 fully saturated rings. The number of aliphatic imine (C=N–C) groups is 1. The summed E-state index contributed by atoms with van der Waals surface area (Å²) >= 11 is 0. The maximum Gasteiger partial charge on any atom is 0.299 e. The fourth-order valence-corrected chi connectivity index (χ4v) is 0.0857. The fourth-order valence-electron chi connectivity index (χ4n) is 0.0857. The van der Waals surface area contributed by atoms with Gasteiger partial charge in [0.25, 0.3) is 6.47 Å². The van der Waals surface area contributed by atoms with E-state index in [1.54, 1.807) is 0 Å². The van der Waals surface area contributed by atoms with E-state index in [0.29, 0.717) is 6.47 Å². The molecule has 3 heteroatoms. The van der Waals surface area contributed by atoms with Gasteiger partial charge >= 0.3 is 0 Å². The van der Waals surface area contributed by atoms with Crippen molar-refractivity contribution < 1.29 is 9.53 Å². The number of hydrogen-bond acceptors (Lipinski definition) is 3. The van der Waals surface area contributed by atoms with Crippen molar-refractivity contribution in [1.29, 1.82) is 0 Å². The fraction of sp³-hybridized carbons (Fsp3) is 0.333. The lowest BCUT2D eigenvalue weighted by atomic mass is 11.3. The lowest BCUT2D eigenvalue weighted by Crippen LogP contribution is -1.78. The number of ether oxygens (including phenoxy) is 1. The van der Waals surface area contributed by atoms with Crippen molar-refractivity contribution in [2.75, 3.05) is 7.05 Å². The molecule has 0 aliphatic rings. The van der Waals surface area contributed by atoms with Crippen LogP contribution in [0.15, 0.2) is 4.99 Å². The number of nitrogens with zero attached hydrogens (tertiary/aromatic N) is 1. The molecule has 0 radical (unpaired) electrons. The molecule has 3 nitrogen and oxygen atoms in total. The van der Waals surface area contributed by atoms with Crippen LogP contribution in [0, 0.1) is 0 Å². The maximum absolute atomic E-state index is 9.25. The summed E-state index contributed by atoms with van der Waals surface area (Å²) in [6.45, 7) is 0.312. The normalized spacial score (nSPS) is 8.83. The van der Waals surface area contributed by atoms with Gasteiger partial charge in [-0.2, -0.15) is 0 Å². The quantitative estimate of drug-likeness (QED) is 0.266. The van der Waals surface area contributed by atoms with E-state index in [-0.39, 0.29) is 0 Å². The van der Waals surface area contributed by atoms with Gasteiger partial charge < -0.3 is 4.74 Å². The van der Waals surface area contributed by atoms with Crippen molar-refractivity contribution in [2.45, 2.75) is 0 Å². The molecule has 0 unspecified atom stereocenters.